The van der Waals surface area contributed by atoms with Gasteiger partial charge in [-0.3, -0.25) is 0 Å². The fraction of sp³-hybridized carbons (Fsp3) is 0.351. The highest BCUT2D eigenvalue weighted by molar-refractivity contribution is 7.00. The highest BCUT2D eigenvalue weighted by atomic mass is 15.1. The van der Waals surface area contributed by atoms with E-state index in [4.69, 9.17) is 0 Å². The molecule has 4 aliphatic carbocycles. The first-order chi connectivity index (χ1) is 38.4. The van der Waals surface area contributed by atoms with E-state index in [1.54, 1.807) is 27.7 Å². The van der Waals surface area contributed by atoms with Crippen LogP contribution in [0.4, 0.5) is 0 Å². The van der Waals surface area contributed by atoms with Crippen LogP contribution in [0.1, 0.15) is 201 Å². The van der Waals surface area contributed by atoms with E-state index in [1.165, 1.54) is 173 Å². The van der Waals surface area contributed by atoms with Crippen LogP contribution in [-0.4, -0.2) is 15.8 Å². The van der Waals surface area contributed by atoms with E-state index < -0.39 is 5.41 Å². The number of hydrogen-bond acceptors (Lipinski definition) is 0. The predicted octanol–water partition coefficient (Wildman–Crippen LogP) is 18.1. The fourth-order valence-electron chi connectivity index (χ4n) is 18.1. The zero-order chi connectivity index (χ0) is 54.3. The predicted molar refractivity (Wildman–Crippen MR) is 339 cm³/mol. The second kappa shape index (κ2) is 15.8. The van der Waals surface area contributed by atoms with Gasteiger partial charge >= 0.3 is 0 Å². The summed E-state index contributed by atoms with van der Waals surface area (Å²) in [4.78, 5) is 0. The van der Waals surface area contributed by atoms with E-state index in [0.717, 1.165) is 12.8 Å². The highest BCUT2D eigenvalue weighted by Gasteiger charge is 2.56. The smallest absolute Gasteiger partial charge is 0.252 e. The molecule has 1 spiro atoms. The molecule has 3 aliphatic heterocycles. The van der Waals surface area contributed by atoms with Gasteiger partial charge in [0.25, 0.3) is 6.71 Å². The summed E-state index contributed by atoms with van der Waals surface area (Å²) in [6, 6.07) is 57.8. The van der Waals surface area contributed by atoms with E-state index in [0.29, 0.717) is 11.8 Å². The van der Waals surface area contributed by atoms with Gasteiger partial charge in [0.15, 0.2) is 0 Å². The van der Waals surface area contributed by atoms with Crippen LogP contribution in [0.3, 0.4) is 0 Å². The van der Waals surface area contributed by atoms with Crippen LogP contribution in [0, 0.1) is 0 Å². The molecule has 2 fully saturated rings. The standard InChI is InChI=1S/C77H75BN2/c1-73(2,3)50-31-27-46(28-32-50)64-56-43-60-65(76(9,10)38-37-75(60,7)8)67-71(56)79(68(64)47-29-33-51(34-30-47)74(4,5)6)63-36-35-59-72-66(63)78(67)62-42-49(45-21-13-14-22-45)40-55-54-39-48(44-19-11-12-20-44)41-61(69(54)80(72)70(55)62)77(59)57-25-17-15-23-52(57)53-24-16-18-26-58(53)77/h15-18,23-36,39-45H,11-14,19-22,37-38H2,1-10H3. The zero-order valence-electron chi connectivity index (χ0n) is 49.0. The summed E-state index contributed by atoms with van der Waals surface area (Å²) in [5.74, 6) is 1.15. The second-order valence-corrected chi connectivity index (χ2v) is 29.5. The molecule has 7 aliphatic rings. The molecule has 2 nitrogen and oxygen atoms in total. The van der Waals surface area contributed by atoms with Crippen molar-refractivity contribution in [3.63, 3.8) is 0 Å². The lowest BCUT2D eigenvalue weighted by atomic mass is 9.31. The number of rotatable bonds is 4. The monoisotopic (exact) mass is 1040 g/mol. The molecule has 0 N–H and O–H groups in total. The molecule has 8 aromatic carbocycles. The fourth-order valence-corrected chi connectivity index (χ4v) is 18.1. The van der Waals surface area contributed by atoms with Crippen LogP contribution in [0.5, 0.6) is 0 Å². The SMILES string of the molecule is CC(C)(C)c1ccc(-c2c(-c3ccc(C(C)(C)C)cc3)n3c4c(c5c(cc24)C(C)(C)CCC5(C)C)B2c4c-3ccc3c4-n4c5c2cc(C2CCCC2)cc5c2cc(C5CCCC5)cc(c24)C32c3ccccc3-c3ccccc32)cc1. The Morgan fingerprint density at radius 1 is 0.463 bits per heavy atom. The molecule has 0 amide bonds. The van der Waals surface area contributed by atoms with Gasteiger partial charge in [-0.2, -0.15) is 0 Å². The molecular formula is C77H75BN2. The molecule has 2 saturated carbocycles. The van der Waals surface area contributed by atoms with Gasteiger partial charge in [0, 0.05) is 44.1 Å². The first kappa shape index (κ1) is 47.9. The molecule has 2 aromatic heterocycles. The summed E-state index contributed by atoms with van der Waals surface area (Å²) < 4.78 is 5.74. The van der Waals surface area contributed by atoms with Crippen molar-refractivity contribution < 1.29 is 0 Å². The maximum Gasteiger partial charge on any atom is 0.252 e. The summed E-state index contributed by atoms with van der Waals surface area (Å²) in [6.07, 6.45) is 12.7. The molecule has 3 heteroatoms. The molecule has 396 valence electrons. The Hall–Kier alpha value is -6.84. The summed E-state index contributed by atoms with van der Waals surface area (Å²) in [6.45, 7) is 24.5. The van der Waals surface area contributed by atoms with E-state index in [2.05, 4.69) is 218 Å². The minimum Gasteiger partial charge on any atom is -0.310 e. The normalized spacial score (nSPS) is 18.8. The first-order valence-electron chi connectivity index (χ1n) is 31.0. The lowest BCUT2D eigenvalue weighted by molar-refractivity contribution is 0.334. The van der Waals surface area contributed by atoms with Crippen LogP contribution in [0.25, 0.3) is 77.6 Å². The minimum absolute atomic E-state index is 0.0205. The molecule has 0 unspecified atom stereocenters. The Bertz CT molecular complexity index is 4320. The average molecular weight is 1040 g/mol. The van der Waals surface area contributed by atoms with E-state index in [-0.39, 0.29) is 28.4 Å². The number of nitrogens with zero attached hydrogens (tertiary/aromatic N) is 2. The summed E-state index contributed by atoms with van der Waals surface area (Å²) >= 11 is 0. The third-order valence-corrected chi connectivity index (χ3v) is 22.1. The van der Waals surface area contributed by atoms with Gasteiger partial charge in [-0.25, -0.2) is 0 Å². The average Bonchev–Trinajstić information content (AvgIpc) is 4.02. The van der Waals surface area contributed by atoms with Crippen molar-refractivity contribution >= 4 is 55.8 Å². The van der Waals surface area contributed by atoms with Crippen molar-refractivity contribution in [2.24, 2.45) is 0 Å². The van der Waals surface area contributed by atoms with Gasteiger partial charge in [0.05, 0.1) is 16.6 Å². The van der Waals surface area contributed by atoms with Crippen LogP contribution in [-0.2, 0) is 27.1 Å². The highest BCUT2D eigenvalue weighted by Crippen LogP contribution is 2.63. The van der Waals surface area contributed by atoms with E-state index >= 15 is 0 Å². The Kier molecular flexibility index (Phi) is 9.46. The van der Waals surface area contributed by atoms with Crippen molar-refractivity contribution in [3.05, 3.63) is 195 Å². The molecule has 5 heterocycles. The van der Waals surface area contributed by atoms with Crippen LogP contribution in [0.15, 0.2) is 140 Å². The topological polar surface area (TPSA) is 9.86 Å². The van der Waals surface area contributed by atoms with Crippen molar-refractivity contribution in [3.8, 4) is 44.9 Å². The van der Waals surface area contributed by atoms with Crippen LogP contribution < -0.4 is 16.4 Å². The number of hydrogen-bond donors (Lipinski definition) is 0. The van der Waals surface area contributed by atoms with Crippen molar-refractivity contribution in [1.82, 2.24) is 9.13 Å². The van der Waals surface area contributed by atoms with Crippen molar-refractivity contribution in [2.75, 3.05) is 0 Å². The third kappa shape index (κ3) is 6.02. The largest absolute Gasteiger partial charge is 0.310 e. The van der Waals surface area contributed by atoms with Gasteiger partial charge in [-0.05, 0) is 191 Å². The molecule has 17 rings (SSSR count). The number of aromatic nitrogens is 2. The Balaban J connectivity index is 1.11. The van der Waals surface area contributed by atoms with Gasteiger partial charge in [-0.1, -0.05) is 210 Å². The Morgan fingerprint density at radius 2 is 1.01 bits per heavy atom. The second-order valence-electron chi connectivity index (χ2n) is 29.5. The van der Waals surface area contributed by atoms with Crippen molar-refractivity contribution in [2.45, 2.75) is 172 Å². The molecule has 0 atom stereocenters. The first-order valence-corrected chi connectivity index (χ1v) is 31.0. The summed E-state index contributed by atoms with van der Waals surface area (Å²) in [5, 5.41) is 4.37. The van der Waals surface area contributed by atoms with Gasteiger partial charge in [0.1, 0.15) is 0 Å². The number of fused-ring (bicyclic) bond motifs is 13. The van der Waals surface area contributed by atoms with Gasteiger partial charge in [-0.15, -0.1) is 0 Å². The summed E-state index contributed by atoms with van der Waals surface area (Å²) in [5.41, 5.74) is 34.1. The Labute approximate surface area is 474 Å². The quantitative estimate of drug-likeness (QED) is 0.156. The molecule has 80 heavy (non-hydrogen) atoms. The van der Waals surface area contributed by atoms with Crippen LogP contribution in [0.2, 0.25) is 0 Å². The number of benzene rings is 8. The summed E-state index contributed by atoms with van der Waals surface area (Å²) in [7, 11) is 0. The van der Waals surface area contributed by atoms with Crippen LogP contribution >= 0.6 is 0 Å². The molecule has 0 radical (unpaired) electrons. The minimum atomic E-state index is -0.514. The van der Waals surface area contributed by atoms with Gasteiger partial charge in [0.2, 0.25) is 0 Å². The van der Waals surface area contributed by atoms with E-state index in [1.807, 2.05) is 0 Å². The molecular weight excluding hydrogens is 964 g/mol. The zero-order valence-corrected chi connectivity index (χ0v) is 49.0. The van der Waals surface area contributed by atoms with E-state index in [9.17, 15) is 0 Å². The maximum atomic E-state index is 2.89. The maximum absolute atomic E-state index is 2.89. The van der Waals surface area contributed by atoms with Crippen molar-refractivity contribution in [1.29, 1.82) is 0 Å². The molecule has 0 bridgehead atoms. The molecule has 0 saturated heterocycles. The third-order valence-electron chi connectivity index (χ3n) is 22.1. The lowest BCUT2D eigenvalue weighted by Gasteiger charge is -2.47. The van der Waals surface area contributed by atoms with Gasteiger partial charge < -0.3 is 9.13 Å². The molecule has 10 aromatic rings. The Morgan fingerprint density at radius 3 is 1.61 bits per heavy atom. The lowest BCUT2D eigenvalue weighted by Crippen LogP contribution is -2.63.